The molecule has 1 aromatic carbocycles. The van der Waals surface area contributed by atoms with Crippen molar-refractivity contribution < 1.29 is 4.74 Å². The maximum absolute atomic E-state index is 9.04. The van der Waals surface area contributed by atoms with Crippen LogP contribution in [-0.2, 0) is 0 Å². The zero-order valence-corrected chi connectivity index (χ0v) is 10.7. The van der Waals surface area contributed by atoms with Gasteiger partial charge in [0, 0.05) is 5.56 Å². The maximum atomic E-state index is 9.04. The van der Waals surface area contributed by atoms with E-state index in [2.05, 4.69) is 29.9 Å². The van der Waals surface area contributed by atoms with Crippen molar-refractivity contribution in [2.45, 2.75) is 19.8 Å². The number of aromatic nitrogens is 2. The number of hydrogen-bond donors (Lipinski definition) is 1. The molecule has 2 aromatic rings. The fraction of sp³-hybridized carbons (Fsp3) is 0.286. The molecule has 0 saturated heterocycles. The lowest BCUT2D eigenvalue weighted by Gasteiger charge is -2.11. The molecule has 0 spiro atoms. The number of H-pyrrole nitrogens is 1. The number of nitriles is 1. The number of nitrogens with zero attached hydrogens (tertiary/aromatic N) is 2. The average Bonchev–Trinajstić information content (AvgIpc) is 2.85. The third-order valence-corrected chi connectivity index (χ3v) is 2.90. The van der Waals surface area contributed by atoms with E-state index in [0.29, 0.717) is 17.3 Å². The standard InChI is InChI=1S/C14H15N3O/c1-9(2)10-4-5-13(18-3)11(6-10)14-12(7-15)16-8-17-14/h4-6,8-9H,1-3H3,(H,16,17). The minimum atomic E-state index is 0.384. The molecule has 0 amide bonds. The Morgan fingerprint density at radius 1 is 1.39 bits per heavy atom. The van der Waals surface area contributed by atoms with Gasteiger partial charge in [-0.25, -0.2) is 4.98 Å². The molecule has 18 heavy (non-hydrogen) atoms. The summed E-state index contributed by atoms with van der Waals surface area (Å²) in [5, 5.41) is 9.04. The van der Waals surface area contributed by atoms with E-state index in [1.54, 1.807) is 7.11 Å². The third-order valence-electron chi connectivity index (χ3n) is 2.90. The number of nitrogens with one attached hydrogen (secondary N) is 1. The highest BCUT2D eigenvalue weighted by atomic mass is 16.5. The zero-order valence-electron chi connectivity index (χ0n) is 10.7. The number of rotatable bonds is 3. The Balaban J connectivity index is 2.61. The SMILES string of the molecule is COc1ccc(C(C)C)cc1-c1[nH]cnc1C#N. The van der Waals surface area contributed by atoms with Gasteiger partial charge in [-0.2, -0.15) is 5.26 Å². The highest BCUT2D eigenvalue weighted by Gasteiger charge is 2.14. The van der Waals surface area contributed by atoms with Crippen molar-refractivity contribution in [3.05, 3.63) is 35.8 Å². The first-order chi connectivity index (χ1) is 8.67. The van der Waals surface area contributed by atoms with Gasteiger partial charge >= 0.3 is 0 Å². The topological polar surface area (TPSA) is 61.7 Å². The minimum absolute atomic E-state index is 0.384. The van der Waals surface area contributed by atoms with Gasteiger partial charge in [-0.05, 0) is 23.6 Å². The Hall–Kier alpha value is -2.28. The number of ether oxygens (including phenoxy) is 1. The molecule has 1 N–H and O–H groups in total. The van der Waals surface area contributed by atoms with E-state index in [-0.39, 0.29) is 0 Å². The molecule has 4 nitrogen and oxygen atoms in total. The van der Waals surface area contributed by atoms with Crippen LogP contribution < -0.4 is 4.74 Å². The molecule has 0 aliphatic heterocycles. The molecule has 0 fully saturated rings. The summed E-state index contributed by atoms with van der Waals surface area (Å²) in [6.07, 6.45) is 1.52. The molecular formula is C14H15N3O. The summed E-state index contributed by atoms with van der Waals surface area (Å²) < 4.78 is 5.35. The van der Waals surface area contributed by atoms with Crippen LogP contribution in [0.2, 0.25) is 0 Å². The van der Waals surface area contributed by atoms with Crippen LogP contribution in [0.1, 0.15) is 31.0 Å². The first-order valence-electron chi connectivity index (χ1n) is 5.79. The van der Waals surface area contributed by atoms with Crippen molar-refractivity contribution in [2.75, 3.05) is 7.11 Å². The molecule has 0 radical (unpaired) electrons. The maximum Gasteiger partial charge on any atom is 0.166 e. The van der Waals surface area contributed by atoms with Gasteiger partial charge in [0.1, 0.15) is 11.8 Å². The van der Waals surface area contributed by atoms with Crippen LogP contribution in [-0.4, -0.2) is 17.1 Å². The van der Waals surface area contributed by atoms with Crippen LogP contribution in [0.25, 0.3) is 11.3 Å². The second kappa shape index (κ2) is 4.92. The van der Waals surface area contributed by atoms with E-state index in [1.807, 2.05) is 18.2 Å². The number of aromatic amines is 1. The summed E-state index contributed by atoms with van der Waals surface area (Å²) in [6.45, 7) is 4.26. The first kappa shape index (κ1) is 12.2. The molecule has 0 bridgehead atoms. The normalized spacial score (nSPS) is 10.4. The van der Waals surface area contributed by atoms with Crippen molar-refractivity contribution >= 4 is 0 Å². The van der Waals surface area contributed by atoms with Crippen LogP contribution in [0.4, 0.5) is 0 Å². The monoisotopic (exact) mass is 241 g/mol. The molecule has 0 unspecified atom stereocenters. The third kappa shape index (κ3) is 2.07. The molecule has 2 rings (SSSR count). The first-order valence-corrected chi connectivity index (χ1v) is 5.79. The molecule has 0 aliphatic carbocycles. The predicted molar refractivity (Wildman–Crippen MR) is 69.4 cm³/mol. The molecule has 0 aliphatic rings. The van der Waals surface area contributed by atoms with Gasteiger partial charge in [0.15, 0.2) is 5.69 Å². The Bertz CT molecular complexity index is 593. The minimum Gasteiger partial charge on any atom is -0.496 e. The summed E-state index contributed by atoms with van der Waals surface area (Å²) in [5.41, 5.74) is 3.16. The Morgan fingerprint density at radius 3 is 2.78 bits per heavy atom. The quantitative estimate of drug-likeness (QED) is 0.898. The van der Waals surface area contributed by atoms with Gasteiger partial charge < -0.3 is 9.72 Å². The Kier molecular flexibility index (Phi) is 3.33. The molecule has 0 atom stereocenters. The highest BCUT2D eigenvalue weighted by Crippen LogP contribution is 2.33. The average molecular weight is 241 g/mol. The molecule has 1 heterocycles. The van der Waals surface area contributed by atoms with E-state index >= 15 is 0 Å². The molecule has 1 aromatic heterocycles. The van der Waals surface area contributed by atoms with E-state index in [1.165, 1.54) is 11.9 Å². The number of hydrogen-bond acceptors (Lipinski definition) is 3. The summed E-state index contributed by atoms with van der Waals surface area (Å²) in [6, 6.07) is 8.08. The lowest BCUT2D eigenvalue weighted by molar-refractivity contribution is 0.416. The molecule has 92 valence electrons. The van der Waals surface area contributed by atoms with Gasteiger partial charge in [0.05, 0.1) is 19.1 Å². The summed E-state index contributed by atoms with van der Waals surface area (Å²) in [4.78, 5) is 6.99. The largest absolute Gasteiger partial charge is 0.496 e. The molecule has 4 heteroatoms. The van der Waals surface area contributed by atoms with Crippen LogP contribution in [0.5, 0.6) is 5.75 Å². The van der Waals surface area contributed by atoms with Gasteiger partial charge in [-0.15, -0.1) is 0 Å². The van der Waals surface area contributed by atoms with Crippen LogP contribution in [0.3, 0.4) is 0 Å². The lowest BCUT2D eigenvalue weighted by atomic mass is 9.98. The van der Waals surface area contributed by atoms with Crippen molar-refractivity contribution in [1.29, 1.82) is 5.26 Å². The van der Waals surface area contributed by atoms with E-state index in [0.717, 1.165) is 11.3 Å². The summed E-state index contributed by atoms with van der Waals surface area (Å²) in [7, 11) is 1.62. The van der Waals surface area contributed by atoms with Gasteiger partial charge in [0.2, 0.25) is 0 Å². The fourth-order valence-electron chi connectivity index (χ4n) is 1.86. The lowest BCUT2D eigenvalue weighted by Crippen LogP contribution is -1.94. The van der Waals surface area contributed by atoms with Crippen LogP contribution in [0.15, 0.2) is 24.5 Å². The fourth-order valence-corrected chi connectivity index (χ4v) is 1.86. The highest BCUT2D eigenvalue weighted by molar-refractivity contribution is 5.72. The van der Waals surface area contributed by atoms with Crippen LogP contribution >= 0.6 is 0 Å². The van der Waals surface area contributed by atoms with Gasteiger partial charge in [-0.3, -0.25) is 0 Å². The van der Waals surface area contributed by atoms with Crippen molar-refractivity contribution in [1.82, 2.24) is 9.97 Å². The van der Waals surface area contributed by atoms with Gasteiger partial charge in [-0.1, -0.05) is 19.9 Å². The van der Waals surface area contributed by atoms with Crippen molar-refractivity contribution in [2.24, 2.45) is 0 Å². The number of methoxy groups -OCH3 is 1. The Morgan fingerprint density at radius 2 is 2.17 bits per heavy atom. The number of benzene rings is 1. The van der Waals surface area contributed by atoms with E-state index < -0.39 is 0 Å². The molecular weight excluding hydrogens is 226 g/mol. The second-order valence-electron chi connectivity index (χ2n) is 4.35. The Labute approximate surface area is 106 Å². The predicted octanol–water partition coefficient (Wildman–Crippen LogP) is 3.08. The van der Waals surface area contributed by atoms with Crippen LogP contribution in [0, 0.1) is 11.3 Å². The summed E-state index contributed by atoms with van der Waals surface area (Å²) in [5.74, 6) is 1.16. The smallest absolute Gasteiger partial charge is 0.166 e. The number of imidazole rings is 1. The van der Waals surface area contributed by atoms with Gasteiger partial charge in [0.25, 0.3) is 0 Å². The molecule has 0 saturated carbocycles. The summed E-state index contributed by atoms with van der Waals surface area (Å²) >= 11 is 0. The van der Waals surface area contributed by atoms with E-state index in [9.17, 15) is 0 Å². The van der Waals surface area contributed by atoms with Crippen molar-refractivity contribution in [3.63, 3.8) is 0 Å². The second-order valence-corrected chi connectivity index (χ2v) is 4.35. The zero-order chi connectivity index (χ0) is 13.1. The van der Waals surface area contributed by atoms with Crippen molar-refractivity contribution in [3.8, 4) is 23.1 Å². The van der Waals surface area contributed by atoms with E-state index in [4.69, 9.17) is 10.00 Å².